The van der Waals surface area contributed by atoms with Crippen molar-refractivity contribution in [2.45, 2.75) is 27.7 Å². The molecule has 0 aliphatic heterocycles. The molecule has 3 rings (SSSR count). The van der Waals surface area contributed by atoms with Crippen LogP contribution in [0.2, 0.25) is 0 Å². The molecule has 0 amide bonds. The van der Waals surface area contributed by atoms with Gasteiger partial charge in [-0.1, -0.05) is 29.3 Å². The lowest BCUT2D eigenvalue weighted by atomic mass is 10.1. The Morgan fingerprint density at radius 2 is 1.19 bits per heavy atom. The Labute approximate surface area is 190 Å². The summed E-state index contributed by atoms with van der Waals surface area (Å²) in [4.78, 5) is 14.8. The van der Waals surface area contributed by atoms with Crippen LogP contribution in [0, 0.1) is 17.0 Å². The van der Waals surface area contributed by atoms with Crippen molar-refractivity contribution in [2.24, 2.45) is 0 Å². The number of nitrogens with zero attached hydrogens (tertiary/aromatic N) is 3. The largest absolute Gasteiger partial charge is 0.345 e. The number of rotatable bonds is 7. The maximum atomic E-state index is 10.9. The second-order valence-corrected chi connectivity index (χ2v) is 8.07. The van der Waals surface area contributed by atoms with Gasteiger partial charge in [-0.15, -0.1) is 0 Å². The lowest BCUT2D eigenvalue weighted by Gasteiger charge is -2.27. The van der Waals surface area contributed by atoms with E-state index >= 15 is 0 Å². The van der Waals surface area contributed by atoms with Gasteiger partial charge in [-0.3, -0.25) is 10.1 Å². The van der Waals surface area contributed by atoms with Crippen LogP contribution in [0.1, 0.15) is 26.3 Å². The molecule has 164 valence electrons. The van der Waals surface area contributed by atoms with Gasteiger partial charge in [0.25, 0.3) is 5.69 Å². The third kappa shape index (κ3) is 5.43. The molecule has 0 unspecified atom stereocenters. The average Bonchev–Trinajstić information content (AvgIpc) is 2.79. The van der Waals surface area contributed by atoms with Crippen LogP contribution in [0.4, 0.5) is 28.4 Å². The molecule has 3 aromatic rings. The minimum Gasteiger partial charge on any atom is -0.345 e. The van der Waals surface area contributed by atoms with E-state index in [4.69, 9.17) is 0 Å². The van der Waals surface area contributed by atoms with Crippen molar-refractivity contribution >= 4 is 28.4 Å². The van der Waals surface area contributed by atoms with E-state index in [0.717, 1.165) is 28.4 Å². The maximum absolute atomic E-state index is 10.9. The lowest BCUT2D eigenvalue weighted by Crippen LogP contribution is -2.15. The first kappa shape index (κ1) is 22.8. The number of nitro groups is 1. The fraction of sp³-hybridized carbons (Fsp3) is 0.185. The predicted molar refractivity (Wildman–Crippen MR) is 134 cm³/mol. The lowest BCUT2D eigenvalue weighted by molar-refractivity contribution is -0.384. The molecule has 0 radical (unpaired) electrons. The van der Waals surface area contributed by atoms with E-state index in [0.29, 0.717) is 0 Å². The van der Waals surface area contributed by atoms with Crippen molar-refractivity contribution in [3.05, 3.63) is 112 Å². The van der Waals surface area contributed by atoms with Gasteiger partial charge >= 0.3 is 0 Å². The Bertz CT molecular complexity index is 1130. The normalized spacial score (nSPS) is 11.1. The second-order valence-electron chi connectivity index (χ2n) is 8.07. The topological polar surface area (TPSA) is 49.6 Å². The quantitative estimate of drug-likeness (QED) is 0.220. The van der Waals surface area contributed by atoms with Gasteiger partial charge in [0.2, 0.25) is 0 Å². The fourth-order valence-corrected chi connectivity index (χ4v) is 3.38. The molecule has 0 saturated heterocycles. The zero-order valence-electron chi connectivity index (χ0n) is 19.2. The molecule has 0 N–H and O–H groups in total. The number of nitro benzene ring substituents is 1. The van der Waals surface area contributed by atoms with Gasteiger partial charge in [0.05, 0.1) is 4.92 Å². The van der Waals surface area contributed by atoms with Crippen molar-refractivity contribution < 1.29 is 4.92 Å². The highest BCUT2D eigenvalue weighted by molar-refractivity contribution is 5.72. The molecule has 0 spiro atoms. The molecule has 0 saturated carbocycles. The van der Waals surface area contributed by atoms with E-state index in [1.165, 1.54) is 23.3 Å². The summed E-state index contributed by atoms with van der Waals surface area (Å²) in [6.45, 7) is 8.37. The van der Waals surface area contributed by atoms with Gasteiger partial charge in [0.15, 0.2) is 0 Å². The standard InChI is InChI=1S/C27H29N3O2/c1-20(2)6-9-22(4)29(25-10-7-21(3)8-11-25)26-16-12-23(13-17-26)28(5)24-14-18-27(19-15-24)30(31)32/h6-19H,1-5H3/b22-9+. The number of benzene rings is 3. The van der Waals surface area contributed by atoms with Gasteiger partial charge in [0.1, 0.15) is 0 Å². The number of hydrogen-bond donors (Lipinski definition) is 0. The van der Waals surface area contributed by atoms with Crippen LogP contribution in [-0.4, -0.2) is 12.0 Å². The minimum absolute atomic E-state index is 0.0878. The summed E-state index contributed by atoms with van der Waals surface area (Å²) < 4.78 is 0. The Hall–Kier alpha value is -3.86. The fourth-order valence-electron chi connectivity index (χ4n) is 3.38. The van der Waals surface area contributed by atoms with Gasteiger partial charge < -0.3 is 9.80 Å². The summed E-state index contributed by atoms with van der Waals surface area (Å²) in [5.41, 5.74) is 7.72. The molecule has 0 bridgehead atoms. The van der Waals surface area contributed by atoms with Gasteiger partial charge in [-0.25, -0.2) is 0 Å². The van der Waals surface area contributed by atoms with E-state index in [1.807, 2.05) is 11.9 Å². The van der Waals surface area contributed by atoms with Crippen LogP contribution in [-0.2, 0) is 0 Å². The summed E-state index contributed by atoms with van der Waals surface area (Å²) in [5.74, 6) is 0. The van der Waals surface area contributed by atoms with E-state index < -0.39 is 0 Å². The van der Waals surface area contributed by atoms with Gasteiger partial charge in [-0.05, 0) is 82.3 Å². The van der Waals surface area contributed by atoms with Crippen LogP contribution in [0.3, 0.4) is 0 Å². The van der Waals surface area contributed by atoms with E-state index in [9.17, 15) is 10.1 Å². The smallest absolute Gasteiger partial charge is 0.269 e. The second kappa shape index (κ2) is 9.96. The van der Waals surface area contributed by atoms with Crippen molar-refractivity contribution in [3.8, 4) is 0 Å². The molecule has 3 aromatic carbocycles. The minimum atomic E-state index is -0.386. The summed E-state index contributed by atoms with van der Waals surface area (Å²) in [6.07, 6.45) is 4.25. The number of allylic oxidation sites excluding steroid dienone is 4. The molecule has 5 heteroatoms. The number of aryl methyl sites for hydroxylation is 1. The zero-order valence-corrected chi connectivity index (χ0v) is 19.2. The first-order chi connectivity index (χ1) is 15.3. The molecule has 0 atom stereocenters. The molecule has 5 nitrogen and oxygen atoms in total. The van der Waals surface area contributed by atoms with Crippen LogP contribution in [0.25, 0.3) is 0 Å². The molecule has 0 heterocycles. The third-order valence-electron chi connectivity index (χ3n) is 5.25. The zero-order chi connectivity index (χ0) is 23.3. The summed E-state index contributed by atoms with van der Waals surface area (Å²) in [5, 5.41) is 10.9. The number of anilines is 4. The van der Waals surface area contributed by atoms with E-state index in [-0.39, 0.29) is 10.6 Å². The van der Waals surface area contributed by atoms with Crippen molar-refractivity contribution in [1.29, 1.82) is 0 Å². The maximum Gasteiger partial charge on any atom is 0.269 e. The Kier molecular flexibility index (Phi) is 7.11. The van der Waals surface area contributed by atoms with Crippen LogP contribution < -0.4 is 9.80 Å². The molecule has 0 aliphatic carbocycles. The Morgan fingerprint density at radius 3 is 1.66 bits per heavy atom. The summed E-state index contributed by atoms with van der Waals surface area (Å²) in [7, 11) is 1.95. The Morgan fingerprint density at radius 1 is 0.750 bits per heavy atom. The van der Waals surface area contributed by atoms with Crippen LogP contribution in [0.5, 0.6) is 0 Å². The molecule has 32 heavy (non-hydrogen) atoms. The molecular weight excluding hydrogens is 398 g/mol. The predicted octanol–water partition coefficient (Wildman–Crippen LogP) is 7.68. The first-order valence-corrected chi connectivity index (χ1v) is 10.5. The third-order valence-corrected chi connectivity index (χ3v) is 5.25. The van der Waals surface area contributed by atoms with Gasteiger partial charge in [0, 0.05) is 47.6 Å². The van der Waals surface area contributed by atoms with Crippen molar-refractivity contribution in [1.82, 2.24) is 0 Å². The highest BCUT2D eigenvalue weighted by Crippen LogP contribution is 2.33. The van der Waals surface area contributed by atoms with Crippen molar-refractivity contribution in [3.63, 3.8) is 0 Å². The average molecular weight is 428 g/mol. The van der Waals surface area contributed by atoms with Crippen LogP contribution in [0.15, 0.2) is 96.2 Å². The molecular formula is C27H29N3O2. The van der Waals surface area contributed by atoms with Gasteiger partial charge in [-0.2, -0.15) is 0 Å². The number of non-ortho nitro benzene ring substituents is 1. The molecule has 0 aliphatic rings. The molecule has 0 fully saturated rings. The highest BCUT2D eigenvalue weighted by Gasteiger charge is 2.13. The van der Waals surface area contributed by atoms with Crippen LogP contribution >= 0.6 is 0 Å². The summed E-state index contributed by atoms with van der Waals surface area (Å²) >= 11 is 0. The SMILES string of the molecule is CC(C)=C/C=C(\C)N(c1ccc(C)cc1)c1ccc(N(C)c2ccc([N+](=O)[O-])cc2)cc1. The number of hydrogen-bond acceptors (Lipinski definition) is 4. The Balaban J connectivity index is 1.93. The van der Waals surface area contributed by atoms with Crippen molar-refractivity contribution in [2.75, 3.05) is 16.8 Å². The summed E-state index contributed by atoms with van der Waals surface area (Å²) in [6, 6.07) is 23.4. The monoisotopic (exact) mass is 427 g/mol. The van der Waals surface area contributed by atoms with E-state index in [2.05, 4.69) is 93.3 Å². The highest BCUT2D eigenvalue weighted by atomic mass is 16.6. The first-order valence-electron chi connectivity index (χ1n) is 10.5. The molecule has 0 aromatic heterocycles. The van der Waals surface area contributed by atoms with E-state index in [1.54, 1.807) is 12.1 Å².